The van der Waals surface area contributed by atoms with Gasteiger partial charge in [0.1, 0.15) is 24.0 Å². The molecule has 11 heteroatoms. The number of aliphatic carboxylic acids is 1. The molecule has 0 bridgehead atoms. The fraction of sp³-hybridized carbons (Fsp3) is 0.333. The van der Waals surface area contributed by atoms with E-state index in [0.717, 1.165) is 0 Å². The van der Waals surface area contributed by atoms with Crippen molar-refractivity contribution in [2.45, 2.75) is 24.4 Å². The molecule has 0 amide bonds. The van der Waals surface area contributed by atoms with Crippen LogP contribution in [0.15, 0.2) is 29.4 Å². The maximum absolute atomic E-state index is 10.8. The molecule has 126 valence electrons. The molecule has 23 heavy (non-hydrogen) atoms. The molecule has 0 aromatic heterocycles. The molecule has 0 saturated heterocycles. The Morgan fingerprint density at radius 2 is 1.83 bits per heavy atom. The van der Waals surface area contributed by atoms with Gasteiger partial charge in [0.25, 0.3) is 5.69 Å². The molecule has 0 aliphatic rings. The highest BCUT2D eigenvalue weighted by atomic mass is 16.6. The number of nitro groups is 1. The van der Waals surface area contributed by atoms with Crippen LogP contribution < -0.4 is 5.43 Å². The van der Waals surface area contributed by atoms with Crippen molar-refractivity contribution in [3.8, 4) is 0 Å². The zero-order valence-electron chi connectivity index (χ0n) is 11.6. The number of hydrazone groups is 1. The third-order valence-corrected chi connectivity index (χ3v) is 2.79. The van der Waals surface area contributed by atoms with E-state index < -0.39 is 35.3 Å². The Kier molecular flexibility index (Phi) is 6.53. The SMILES string of the molecule is O=C(O)[C@@H](O)[C@H](O)[C@H](O)[C@@H](O)/C=N\Nc1ccccc1[N+](=O)[O-]. The van der Waals surface area contributed by atoms with Gasteiger partial charge in [0, 0.05) is 6.07 Å². The van der Waals surface area contributed by atoms with Gasteiger partial charge in [-0.15, -0.1) is 0 Å². The van der Waals surface area contributed by atoms with Crippen LogP contribution in [0, 0.1) is 10.1 Å². The van der Waals surface area contributed by atoms with Crippen molar-refractivity contribution in [3.05, 3.63) is 34.4 Å². The largest absolute Gasteiger partial charge is 0.479 e. The number of nitrogens with one attached hydrogen (secondary N) is 1. The van der Waals surface area contributed by atoms with E-state index in [0.29, 0.717) is 6.21 Å². The summed E-state index contributed by atoms with van der Waals surface area (Å²) in [6.07, 6.45) is -7.61. The molecule has 0 heterocycles. The fourth-order valence-corrected chi connectivity index (χ4v) is 1.53. The van der Waals surface area contributed by atoms with E-state index in [1.165, 1.54) is 24.3 Å². The number of anilines is 1. The number of hydrogen-bond donors (Lipinski definition) is 6. The standard InChI is InChI=1S/C12H15N3O8/c16-8(9(17)10(18)11(19)12(20)21)5-13-14-6-3-1-2-4-7(6)15(22)23/h1-5,8-11,14,16-19H,(H,20,21)/b13-5-/t8-,9+,10+,11-/m0/s1. The van der Waals surface area contributed by atoms with Crippen molar-refractivity contribution in [1.82, 2.24) is 0 Å². The second-order valence-corrected chi connectivity index (χ2v) is 4.42. The van der Waals surface area contributed by atoms with Gasteiger partial charge < -0.3 is 25.5 Å². The molecule has 0 saturated carbocycles. The predicted octanol–water partition coefficient (Wildman–Crippen LogP) is -1.48. The first-order valence-electron chi connectivity index (χ1n) is 6.23. The van der Waals surface area contributed by atoms with E-state index in [4.69, 9.17) is 10.2 Å². The highest BCUT2D eigenvalue weighted by Gasteiger charge is 2.33. The van der Waals surface area contributed by atoms with Crippen LogP contribution in [0.2, 0.25) is 0 Å². The zero-order valence-corrected chi connectivity index (χ0v) is 11.6. The summed E-state index contributed by atoms with van der Waals surface area (Å²) in [7, 11) is 0. The molecule has 1 aromatic rings. The summed E-state index contributed by atoms with van der Waals surface area (Å²) in [4.78, 5) is 20.6. The summed E-state index contributed by atoms with van der Waals surface area (Å²) in [5.74, 6) is -1.78. The molecule has 0 aliphatic carbocycles. The Morgan fingerprint density at radius 3 is 2.39 bits per heavy atom. The van der Waals surface area contributed by atoms with Gasteiger partial charge in [-0.3, -0.25) is 15.5 Å². The van der Waals surface area contributed by atoms with E-state index in [2.05, 4.69) is 10.5 Å². The number of aliphatic hydroxyl groups excluding tert-OH is 4. The Morgan fingerprint density at radius 1 is 1.22 bits per heavy atom. The lowest BCUT2D eigenvalue weighted by molar-refractivity contribution is -0.384. The second kappa shape index (κ2) is 8.14. The van der Waals surface area contributed by atoms with Crippen LogP contribution in [0.1, 0.15) is 0 Å². The van der Waals surface area contributed by atoms with E-state index in [9.17, 15) is 30.2 Å². The molecule has 11 nitrogen and oxygen atoms in total. The fourth-order valence-electron chi connectivity index (χ4n) is 1.53. The monoisotopic (exact) mass is 329 g/mol. The summed E-state index contributed by atoms with van der Waals surface area (Å²) < 4.78 is 0. The zero-order chi connectivity index (χ0) is 17.6. The van der Waals surface area contributed by atoms with Crippen molar-refractivity contribution in [3.63, 3.8) is 0 Å². The number of carbonyl (C=O) groups is 1. The van der Waals surface area contributed by atoms with E-state index >= 15 is 0 Å². The lowest BCUT2D eigenvalue weighted by atomic mass is 10.0. The maximum atomic E-state index is 10.8. The van der Waals surface area contributed by atoms with Gasteiger partial charge in [0.2, 0.25) is 0 Å². The van der Waals surface area contributed by atoms with Gasteiger partial charge in [0.15, 0.2) is 6.10 Å². The molecular formula is C12H15N3O8. The van der Waals surface area contributed by atoms with Crippen LogP contribution in [0.3, 0.4) is 0 Å². The smallest absolute Gasteiger partial charge is 0.335 e. The third kappa shape index (κ3) is 4.96. The van der Waals surface area contributed by atoms with Gasteiger partial charge in [-0.2, -0.15) is 5.10 Å². The van der Waals surface area contributed by atoms with E-state index in [-0.39, 0.29) is 11.4 Å². The Balaban J connectivity index is 2.71. The molecule has 0 fully saturated rings. The number of carboxylic acid groups (broad SMARTS) is 1. The topological polar surface area (TPSA) is 186 Å². The van der Waals surface area contributed by atoms with Crippen LogP contribution in [0.4, 0.5) is 11.4 Å². The molecule has 0 radical (unpaired) electrons. The van der Waals surface area contributed by atoms with Crippen molar-refractivity contribution in [2.75, 3.05) is 5.43 Å². The second-order valence-electron chi connectivity index (χ2n) is 4.42. The summed E-state index contributed by atoms with van der Waals surface area (Å²) in [6, 6.07) is 5.51. The van der Waals surface area contributed by atoms with E-state index in [1.54, 1.807) is 0 Å². The number of rotatable bonds is 8. The number of para-hydroxylation sites is 2. The number of benzene rings is 1. The number of aliphatic hydroxyl groups is 4. The van der Waals surface area contributed by atoms with Crippen molar-refractivity contribution >= 4 is 23.6 Å². The van der Waals surface area contributed by atoms with Gasteiger partial charge >= 0.3 is 5.97 Å². The first-order valence-corrected chi connectivity index (χ1v) is 6.23. The van der Waals surface area contributed by atoms with Gasteiger partial charge in [-0.05, 0) is 6.07 Å². The van der Waals surface area contributed by atoms with Crippen LogP contribution in [-0.2, 0) is 4.79 Å². The Bertz CT molecular complexity index is 593. The molecule has 1 aromatic carbocycles. The first kappa shape index (κ1) is 18.4. The number of nitro benzene ring substituents is 1. The lowest BCUT2D eigenvalue weighted by Gasteiger charge is -2.22. The van der Waals surface area contributed by atoms with Gasteiger partial charge in [0.05, 0.1) is 11.1 Å². The average molecular weight is 329 g/mol. The first-order chi connectivity index (χ1) is 10.8. The average Bonchev–Trinajstić information content (AvgIpc) is 2.52. The summed E-state index contributed by atoms with van der Waals surface area (Å²) >= 11 is 0. The molecule has 4 atom stereocenters. The highest BCUT2D eigenvalue weighted by molar-refractivity contribution is 5.73. The minimum Gasteiger partial charge on any atom is -0.479 e. The normalized spacial score (nSPS) is 16.5. The Labute approximate surface area is 129 Å². The summed E-state index contributed by atoms with van der Waals surface area (Å²) in [5, 5.41) is 60.1. The number of nitrogens with zero attached hydrogens (tertiary/aromatic N) is 2. The van der Waals surface area contributed by atoms with E-state index in [1.807, 2.05) is 0 Å². The number of hydrogen-bond acceptors (Lipinski definition) is 9. The molecule has 0 spiro atoms. The molecule has 6 N–H and O–H groups in total. The summed E-state index contributed by atoms with van der Waals surface area (Å²) in [6.45, 7) is 0. The predicted molar refractivity (Wildman–Crippen MR) is 76.9 cm³/mol. The minimum absolute atomic E-state index is 0.0153. The third-order valence-electron chi connectivity index (χ3n) is 2.79. The van der Waals surface area contributed by atoms with Crippen LogP contribution in [0.5, 0.6) is 0 Å². The Hall–Kier alpha value is -2.60. The quantitative estimate of drug-likeness (QED) is 0.188. The van der Waals surface area contributed by atoms with Crippen LogP contribution >= 0.6 is 0 Å². The minimum atomic E-state index is -2.30. The maximum Gasteiger partial charge on any atom is 0.335 e. The molecule has 0 aliphatic heterocycles. The van der Waals surface area contributed by atoms with Crippen molar-refractivity contribution < 1.29 is 35.3 Å². The van der Waals surface area contributed by atoms with Crippen molar-refractivity contribution in [2.24, 2.45) is 5.10 Å². The van der Waals surface area contributed by atoms with Crippen LogP contribution in [-0.4, -0.2) is 67.1 Å². The van der Waals surface area contributed by atoms with Crippen LogP contribution in [0.25, 0.3) is 0 Å². The molecular weight excluding hydrogens is 314 g/mol. The highest BCUT2D eigenvalue weighted by Crippen LogP contribution is 2.22. The lowest BCUT2D eigenvalue weighted by Crippen LogP contribution is -2.48. The van der Waals surface area contributed by atoms with Gasteiger partial charge in [-0.1, -0.05) is 12.1 Å². The van der Waals surface area contributed by atoms with Gasteiger partial charge in [-0.25, -0.2) is 4.79 Å². The number of carboxylic acids is 1. The summed E-state index contributed by atoms with van der Waals surface area (Å²) in [5.41, 5.74) is 2.01. The van der Waals surface area contributed by atoms with Crippen molar-refractivity contribution in [1.29, 1.82) is 0 Å². The molecule has 0 unspecified atom stereocenters. The molecule has 1 rings (SSSR count).